The van der Waals surface area contributed by atoms with E-state index in [4.69, 9.17) is 12.2 Å². The fourth-order valence-corrected chi connectivity index (χ4v) is 2.40. The summed E-state index contributed by atoms with van der Waals surface area (Å²) in [7, 11) is 0. The quantitative estimate of drug-likeness (QED) is 0.840. The van der Waals surface area contributed by atoms with Gasteiger partial charge in [0.05, 0.1) is 17.9 Å². The molecule has 4 nitrogen and oxygen atoms in total. The predicted molar refractivity (Wildman–Crippen MR) is 78.5 cm³/mol. The van der Waals surface area contributed by atoms with Crippen molar-refractivity contribution in [2.45, 2.75) is 13.5 Å². The van der Waals surface area contributed by atoms with Gasteiger partial charge < -0.3 is 10.6 Å². The van der Waals surface area contributed by atoms with Crippen molar-refractivity contribution in [2.75, 3.05) is 6.54 Å². The van der Waals surface area contributed by atoms with Crippen LogP contribution in [0.1, 0.15) is 12.6 Å². The Morgan fingerprint density at radius 1 is 1.39 bits per heavy atom. The molecule has 0 unspecified atom stereocenters. The maximum atomic E-state index is 5.09. The zero-order valence-electron chi connectivity index (χ0n) is 10.0. The largest absolute Gasteiger partial charge is 0.363 e. The first-order valence-electron chi connectivity index (χ1n) is 5.67. The normalized spacial score (nSPS) is 10.1. The molecule has 0 aliphatic heterocycles. The van der Waals surface area contributed by atoms with Crippen LogP contribution < -0.4 is 10.6 Å². The van der Waals surface area contributed by atoms with Gasteiger partial charge in [0.15, 0.2) is 5.11 Å². The maximum Gasteiger partial charge on any atom is 0.166 e. The molecule has 18 heavy (non-hydrogen) atoms. The molecule has 0 bridgehead atoms. The topological polar surface area (TPSA) is 49.8 Å². The molecule has 2 aromatic rings. The van der Waals surface area contributed by atoms with E-state index in [-0.39, 0.29) is 0 Å². The number of nitrogens with one attached hydrogen (secondary N) is 2. The lowest BCUT2D eigenvalue weighted by Crippen LogP contribution is -2.34. The Morgan fingerprint density at radius 2 is 2.28 bits per heavy atom. The Labute approximate surface area is 115 Å². The van der Waals surface area contributed by atoms with Crippen molar-refractivity contribution in [3.05, 3.63) is 35.5 Å². The summed E-state index contributed by atoms with van der Waals surface area (Å²) in [4.78, 5) is 8.80. The van der Waals surface area contributed by atoms with Gasteiger partial charge in [-0.15, -0.1) is 11.3 Å². The van der Waals surface area contributed by atoms with Crippen molar-refractivity contribution in [3.8, 4) is 10.7 Å². The lowest BCUT2D eigenvalue weighted by molar-refractivity contribution is 0.838. The van der Waals surface area contributed by atoms with Gasteiger partial charge in [0.25, 0.3) is 0 Å². The van der Waals surface area contributed by atoms with Gasteiger partial charge in [-0.2, -0.15) is 0 Å². The number of pyridine rings is 1. The minimum atomic E-state index is 0.634. The summed E-state index contributed by atoms with van der Waals surface area (Å²) in [5, 5.41) is 9.76. The van der Waals surface area contributed by atoms with E-state index in [2.05, 4.69) is 20.6 Å². The van der Waals surface area contributed by atoms with E-state index < -0.39 is 0 Å². The molecule has 0 aliphatic rings. The van der Waals surface area contributed by atoms with Crippen LogP contribution in [0.25, 0.3) is 10.7 Å². The van der Waals surface area contributed by atoms with Crippen molar-refractivity contribution >= 4 is 28.7 Å². The Hall–Kier alpha value is -1.53. The van der Waals surface area contributed by atoms with Crippen LogP contribution in [0.5, 0.6) is 0 Å². The van der Waals surface area contributed by atoms with Crippen LogP contribution in [-0.2, 0) is 6.54 Å². The smallest absolute Gasteiger partial charge is 0.166 e. The SMILES string of the molecule is CCNC(=S)NCc1csc(-c2ccccn2)n1. The number of nitrogens with zero attached hydrogens (tertiary/aromatic N) is 2. The summed E-state index contributed by atoms with van der Waals surface area (Å²) in [6, 6.07) is 5.82. The molecule has 2 rings (SSSR count). The third kappa shape index (κ3) is 3.48. The monoisotopic (exact) mass is 278 g/mol. The number of hydrogen-bond donors (Lipinski definition) is 2. The molecule has 94 valence electrons. The molecule has 0 aromatic carbocycles. The Kier molecular flexibility index (Phi) is 4.60. The Morgan fingerprint density at radius 3 is 3.00 bits per heavy atom. The van der Waals surface area contributed by atoms with E-state index in [0.29, 0.717) is 11.7 Å². The van der Waals surface area contributed by atoms with Crippen molar-refractivity contribution in [1.82, 2.24) is 20.6 Å². The van der Waals surface area contributed by atoms with Gasteiger partial charge in [-0.1, -0.05) is 6.07 Å². The summed E-state index contributed by atoms with van der Waals surface area (Å²) in [5.41, 5.74) is 1.88. The minimum Gasteiger partial charge on any atom is -0.363 e. The molecule has 0 spiro atoms. The van der Waals surface area contributed by atoms with Crippen LogP contribution >= 0.6 is 23.6 Å². The second-order valence-corrected chi connectivity index (χ2v) is 4.84. The summed E-state index contributed by atoms with van der Waals surface area (Å²) in [5.74, 6) is 0. The van der Waals surface area contributed by atoms with Crippen LogP contribution in [0.4, 0.5) is 0 Å². The fraction of sp³-hybridized carbons (Fsp3) is 0.250. The number of thiazole rings is 1. The molecule has 0 aliphatic carbocycles. The molecule has 0 saturated heterocycles. The molecule has 0 atom stereocenters. The van der Waals surface area contributed by atoms with Crippen molar-refractivity contribution in [2.24, 2.45) is 0 Å². The van der Waals surface area contributed by atoms with Crippen molar-refractivity contribution in [3.63, 3.8) is 0 Å². The van der Waals surface area contributed by atoms with E-state index in [1.165, 1.54) is 0 Å². The van der Waals surface area contributed by atoms with Crippen LogP contribution in [0, 0.1) is 0 Å². The van der Waals surface area contributed by atoms with Crippen LogP contribution in [0.3, 0.4) is 0 Å². The van der Waals surface area contributed by atoms with Crippen molar-refractivity contribution in [1.29, 1.82) is 0 Å². The molecular weight excluding hydrogens is 264 g/mol. The zero-order chi connectivity index (χ0) is 12.8. The number of hydrogen-bond acceptors (Lipinski definition) is 4. The summed E-state index contributed by atoms with van der Waals surface area (Å²) in [6.07, 6.45) is 1.77. The second kappa shape index (κ2) is 6.42. The lowest BCUT2D eigenvalue weighted by atomic mass is 10.4. The van der Waals surface area contributed by atoms with Gasteiger partial charge in [-0.3, -0.25) is 4.98 Å². The lowest BCUT2D eigenvalue weighted by Gasteiger charge is -2.06. The Balaban J connectivity index is 1.97. The number of thiocarbonyl (C=S) groups is 1. The first-order chi connectivity index (χ1) is 8.79. The molecule has 2 aromatic heterocycles. The fourth-order valence-electron chi connectivity index (χ4n) is 1.39. The molecule has 2 heterocycles. The molecule has 2 N–H and O–H groups in total. The highest BCUT2D eigenvalue weighted by Gasteiger charge is 2.05. The summed E-state index contributed by atoms with van der Waals surface area (Å²) >= 11 is 6.68. The molecule has 0 saturated carbocycles. The van der Waals surface area contributed by atoms with Gasteiger partial charge in [0.1, 0.15) is 5.01 Å². The molecule has 0 amide bonds. The van der Waals surface area contributed by atoms with Crippen LogP contribution in [0.15, 0.2) is 29.8 Å². The van der Waals surface area contributed by atoms with E-state index in [9.17, 15) is 0 Å². The highest BCUT2D eigenvalue weighted by Crippen LogP contribution is 2.20. The number of rotatable bonds is 4. The zero-order valence-corrected chi connectivity index (χ0v) is 11.6. The summed E-state index contributed by atoms with van der Waals surface area (Å²) < 4.78 is 0. The molecular formula is C12H14N4S2. The first kappa shape index (κ1) is 12.9. The minimum absolute atomic E-state index is 0.634. The van der Waals surface area contributed by atoms with E-state index >= 15 is 0 Å². The van der Waals surface area contributed by atoms with Gasteiger partial charge in [-0.05, 0) is 31.3 Å². The average Bonchev–Trinajstić information content (AvgIpc) is 2.87. The van der Waals surface area contributed by atoms with E-state index in [1.807, 2.05) is 30.5 Å². The first-order valence-corrected chi connectivity index (χ1v) is 6.96. The van der Waals surface area contributed by atoms with Crippen molar-refractivity contribution < 1.29 is 0 Å². The predicted octanol–water partition coefficient (Wildman–Crippen LogP) is 2.19. The molecule has 0 radical (unpaired) electrons. The Bertz CT molecular complexity index is 510. The van der Waals surface area contributed by atoms with E-state index in [0.717, 1.165) is 22.9 Å². The third-order valence-corrected chi connectivity index (χ3v) is 3.41. The molecule has 6 heteroatoms. The highest BCUT2D eigenvalue weighted by molar-refractivity contribution is 7.80. The molecule has 0 fully saturated rings. The van der Waals surface area contributed by atoms with Gasteiger partial charge >= 0.3 is 0 Å². The second-order valence-electron chi connectivity index (χ2n) is 3.57. The highest BCUT2D eigenvalue weighted by atomic mass is 32.1. The average molecular weight is 278 g/mol. The summed E-state index contributed by atoms with van der Waals surface area (Å²) in [6.45, 7) is 3.47. The van der Waals surface area contributed by atoms with Crippen LogP contribution in [0.2, 0.25) is 0 Å². The van der Waals surface area contributed by atoms with Gasteiger partial charge in [0, 0.05) is 18.1 Å². The maximum absolute atomic E-state index is 5.09. The van der Waals surface area contributed by atoms with E-state index in [1.54, 1.807) is 17.5 Å². The van der Waals surface area contributed by atoms with Crippen LogP contribution in [-0.4, -0.2) is 21.6 Å². The van der Waals surface area contributed by atoms with Gasteiger partial charge in [-0.25, -0.2) is 4.98 Å². The van der Waals surface area contributed by atoms with Gasteiger partial charge in [0.2, 0.25) is 0 Å². The third-order valence-electron chi connectivity index (χ3n) is 2.20. The number of aromatic nitrogens is 2. The standard InChI is InChI=1S/C12H14N4S2/c1-2-13-12(17)15-7-9-8-18-11(16-9)10-5-3-4-6-14-10/h3-6,8H,2,7H2,1H3,(H2,13,15,17).